The van der Waals surface area contributed by atoms with E-state index < -0.39 is 6.03 Å². The first-order valence-electron chi connectivity index (χ1n) is 8.82. The minimum absolute atomic E-state index is 0.430. The Bertz CT molecular complexity index is 249. The molecular weight excluding hydrogens is 280 g/mol. The maximum atomic E-state index is 10.8. The van der Waals surface area contributed by atoms with Crippen LogP contribution in [0.15, 0.2) is 0 Å². The van der Waals surface area contributed by atoms with Gasteiger partial charge in [-0.3, -0.25) is 4.72 Å². The third-order valence-corrected chi connectivity index (χ3v) is 5.50. The Balaban J connectivity index is 3.61. The summed E-state index contributed by atoms with van der Waals surface area (Å²) in [6.07, 6.45) is 14.6. The normalized spacial score (nSPS) is 13.9. The van der Waals surface area contributed by atoms with E-state index in [1.165, 1.54) is 76.2 Å². The molecule has 0 aliphatic rings. The molecule has 0 saturated carbocycles. The van der Waals surface area contributed by atoms with Crippen molar-refractivity contribution < 1.29 is 4.79 Å². The number of hydrogen-bond acceptors (Lipinski definition) is 2. The molecule has 0 spiro atoms. The second-order valence-corrected chi connectivity index (χ2v) is 7.17. The molecule has 0 bridgehead atoms. The summed E-state index contributed by atoms with van der Waals surface area (Å²) in [5.74, 6) is 0.621. The fourth-order valence-electron chi connectivity index (χ4n) is 2.51. The molecule has 0 rings (SSSR count). The zero-order valence-electron chi connectivity index (χ0n) is 14.3. The van der Waals surface area contributed by atoms with Gasteiger partial charge >= 0.3 is 6.03 Å². The molecule has 2 atom stereocenters. The van der Waals surface area contributed by atoms with Gasteiger partial charge in [-0.25, -0.2) is 4.79 Å². The van der Waals surface area contributed by atoms with E-state index in [0.717, 1.165) is 6.42 Å². The summed E-state index contributed by atoms with van der Waals surface area (Å²) in [5, 5.41) is 0.493. The van der Waals surface area contributed by atoms with Gasteiger partial charge in [0.1, 0.15) is 0 Å². The monoisotopic (exact) mass is 316 g/mol. The number of hydrogen-bond donors (Lipinski definition) is 2. The van der Waals surface area contributed by atoms with Crippen LogP contribution in [0.25, 0.3) is 0 Å². The average molecular weight is 317 g/mol. The van der Waals surface area contributed by atoms with Gasteiger partial charge in [0.2, 0.25) is 0 Å². The Morgan fingerprint density at radius 3 is 2.00 bits per heavy atom. The van der Waals surface area contributed by atoms with Crippen LogP contribution in [0.4, 0.5) is 4.79 Å². The van der Waals surface area contributed by atoms with Crippen LogP contribution in [0.5, 0.6) is 0 Å². The summed E-state index contributed by atoms with van der Waals surface area (Å²) in [6, 6.07) is -0.430. The van der Waals surface area contributed by atoms with E-state index in [9.17, 15) is 4.79 Å². The first-order valence-corrected chi connectivity index (χ1v) is 9.70. The largest absolute Gasteiger partial charge is 0.351 e. The molecule has 0 aliphatic carbocycles. The number of carbonyl (C=O) groups is 1. The molecule has 2 unspecified atom stereocenters. The van der Waals surface area contributed by atoms with Crippen LogP contribution in [0.3, 0.4) is 0 Å². The number of primary amides is 1. The number of unbranched alkanes of at least 4 members (excludes halogenated alkanes) is 8. The van der Waals surface area contributed by atoms with Crippen molar-refractivity contribution in [2.24, 2.45) is 11.7 Å². The van der Waals surface area contributed by atoms with Crippen molar-refractivity contribution in [3.63, 3.8) is 0 Å². The zero-order chi connectivity index (χ0) is 15.9. The van der Waals surface area contributed by atoms with E-state index in [1.54, 1.807) is 0 Å². The smallest absolute Gasteiger partial charge is 0.322 e. The molecule has 0 aromatic carbocycles. The third kappa shape index (κ3) is 13.0. The van der Waals surface area contributed by atoms with Gasteiger partial charge in [-0.15, -0.1) is 0 Å². The minimum atomic E-state index is -0.430. The number of nitrogens with two attached hydrogens (primary N) is 1. The topological polar surface area (TPSA) is 55.1 Å². The number of amides is 2. The van der Waals surface area contributed by atoms with Gasteiger partial charge in [0.05, 0.1) is 0 Å². The fourth-order valence-corrected chi connectivity index (χ4v) is 3.49. The van der Waals surface area contributed by atoms with E-state index in [2.05, 4.69) is 25.5 Å². The summed E-state index contributed by atoms with van der Waals surface area (Å²) >= 11 is 1.52. The molecule has 0 radical (unpaired) electrons. The number of urea groups is 1. The Kier molecular flexibility index (Phi) is 14.3. The molecule has 4 heteroatoms. The summed E-state index contributed by atoms with van der Waals surface area (Å²) in [4.78, 5) is 10.8. The molecule has 2 amide bonds. The molecule has 0 aromatic heterocycles. The Labute approximate surface area is 136 Å². The lowest BCUT2D eigenvalue weighted by Crippen LogP contribution is -2.28. The van der Waals surface area contributed by atoms with E-state index in [-0.39, 0.29) is 0 Å². The second kappa shape index (κ2) is 14.6. The van der Waals surface area contributed by atoms with Crippen molar-refractivity contribution >= 4 is 18.0 Å². The summed E-state index contributed by atoms with van der Waals surface area (Å²) in [5.41, 5.74) is 5.16. The highest BCUT2D eigenvalue weighted by Crippen LogP contribution is 2.25. The van der Waals surface area contributed by atoms with E-state index in [1.807, 2.05) is 0 Å². The van der Waals surface area contributed by atoms with Crippen LogP contribution >= 0.6 is 11.9 Å². The molecular formula is C17H36N2OS. The highest BCUT2D eigenvalue weighted by atomic mass is 32.2. The molecule has 3 nitrogen and oxygen atoms in total. The predicted molar refractivity (Wildman–Crippen MR) is 95.4 cm³/mol. The average Bonchev–Trinajstić information content (AvgIpc) is 2.47. The van der Waals surface area contributed by atoms with Crippen LogP contribution in [-0.4, -0.2) is 11.3 Å². The van der Waals surface area contributed by atoms with Gasteiger partial charge in [-0.1, -0.05) is 85.0 Å². The summed E-state index contributed by atoms with van der Waals surface area (Å²) < 4.78 is 2.70. The molecule has 0 heterocycles. The predicted octanol–water partition coefficient (Wildman–Crippen LogP) is 5.64. The van der Waals surface area contributed by atoms with Crippen LogP contribution in [0, 0.1) is 5.92 Å². The van der Waals surface area contributed by atoms with E-state index in [0.29, 0.717) is 11.2 Å². The van der Waals surface area contributed by atoms with Crippen LogP contribution in [-0.2, 0) is 0 Å². The van der Waals surface area contributed by atoms with Crippen LogP contribution in [0.2, 0.25) is 0 Å². The van der Waals surface area contributed by atoms with E-state index >= 15 is 0 Å². The van der Waals surface area contributed by atoms with Crippen LogP contribution < -0.4 is 10.5 Å². The van der Waals surface area contributed by atoms with Crippen molar-refractivity contribution in [1.82, 2.24) is 4.72 Å². The van der Waals surface area contributed by atoms with Gasteiger partial charge in [-0.2, -0.15) is 0 Å². The molecule has 21 heavy (non-hydrogen) atoms. The Morgan fingerprint density at radius 2 is 1.52 bits per heavy atom. The molecule has 3 N–H and O–H groups in total. The van der Waals surface area contributed by atoms with Crippen LogP contribution in [0.1, 0.15) is 91.4 Å². The molecule has 0 aromatic rings. The summed E-state index contributed by atoms with van der Waals surface area (Å²) in [6.45, 7) is 6.73. The van der Waals surface area contributed by atoms with Gasteiger partial charge in [-0.05, 0) is 24.3 Å². The first kappa shape index (κ1) is 20.6. The zero-order valence-corrected chi connectivity index (χ0v) is 15.1. The van der Waals surface area contributed by atoms with Crippen molar-refractivity contribution in [2.75, 3.05) is 0 Å². The van der Waals surface area contributed by atoms with Gasteiger partial charge in [0.25, 0.3) is 0 Å². The fraction of sp³-hybridized carbons (Fsp3) is 0.941. The van der Waals surface area contributed by atoms with Crippen molar-refractivity contribution in [3.05, 3.63) is 0 Å². The van der Waals surface area contributed by atoms with Gasteiger partial charge < -0.3 is 5.73 Å². The molecule has 0 aliphatic heterocycles. The summed E-state index contributed by atoms with van der Waals surface area (Å²) in [7, 11) is 0. The lowest BCUT2D eigenvalue weighted by atomic mass is 9.99. The highest BCUT2D eigenvalue weighted by molar-refractivity contribution is 7.98. The lowest BCUT2D eigenvalue weighted by molar-refractivity contribution is 0.254. The van der Waals surface area contributed by atoms with Crippen molar-refractivity contribution in [1.29, 1.82) is 0 Å². The SMILES string of the molecule is CCCCCCCCCCCC(SNC(N)=O)C(C)CC. The lowest BCUT2D eigenvalue weighted by Gasteiger charge is -2.21. The minimum Gasteiger partial charge on any atom is -0.351 e. The Hall–Kier alpha value is -0.380. The second-order valence-electron chi connectivity index (χ2n) is 6.13. The molecule has 0 fully saturated rings. The van der Waals surface area contributed by atoms with Gasteiger partial charge in [0.15, 0.2) is 0 Å². The standard InChI is InChI=1S/C17H36N2OS/c1-4-6-7-8-9-10-11-12-13-14-16(15(3)5-2)21-19-17(18)20/h15-16H,4-14H2,1-3H3,(H3,18,19,20). The number of nitrogens with one attached hydrogen (secondary N) is 1. The maximum Gasteiger partial charge on any atom is 0.322 e. The number of rotatable bonds is 14. The maximum absolute atomic E-state index is 10.8. The number of carbonyl (C=O) groups excluding carboxylic acids is 1. The highest BCUT2D eigenvalue weighted by Gasteiger charge is 2.16. The molecule has 126 valence electrons. The Morgan fingerprint density at radius 1 is 1.00 bits per heavy atom. The van der Waals surface area contributed by atoms with Gasteiger partial charge in [0, 0.05) is 5.25 Å². The first-order chi connectivity index (χ1) is 10.1. The van der Waals surface area contributed by atoms with Crippen molar-refractivity contribution in [3.8, 4) is 0 Å². The molecule has 0 saturated heterocycles. The van der Waals surface area contributed by atoms with E-state index in [4.69, 9.17) is 5.73 Å². The quantitative estimate of drug-likeness (QED) is 0.322. The van der Waals surface area contributed by atoms with Crippen molar-refractivity contribution in [2.45, 2.75) is 96.7 Å². The third-order valence-electron chi connectivity index (χ3n) is 4.18.